The Morgan fingerprint density at radius 3 is 2.29 bits per heavy atom. The van der Waals surface area contributed by atoms with Crippen LogP contribution in [0.3, 0.4) is 0 Å². The first-order valence-corrected chi connectivity index (χ1v) is 4.40. The van der Waals surface area contributed by atoms with Gasteiger partial charge in [-0.25, -0.2) is 0 Å². The molecular weight excluding hydrogens is 184 g/mol. The minimum atomic E-state index is -0.292. The molecule has 0 rings (SSSR count). The lowest BCUT2D eigenvalue weighted by molar-refractivity contribution is -0.143. The molecule has 0 radical (unpaired) electrons. The number of methoxy groups -OCH3 is 2. The van der Waals surface area contributed by atoms with Crippen molar-refractivity contribution in [3.8, 4) is 0 Å². The number of ether oxygens (including phenoxy) is 2. The summed E-state index contributed by atoms with van der Waals surface area (Å²) in [6, 6.07) is 0. The Balaban J connectivity index is 3.85. The average molecular weight is 200 g/mol. The summed E-state index contributed by atoms with van der Waals surface area (Å²) in [5, 5.41) is 0. The third-order valence-corrected chi connectivity index (χ3v) is 1.94. The van der Waals surface area contributed by atoms with Crippen molar-refractivity contribution in [1.29, 1.82) is 0 Å². The van der Waals surface area contributed by atoms with Crippen molar-refractivity contribution in [2.75, 3.05) is 14.2 Å². The minimum Gasteiger partial charge on any atom is -0.469 e. The highest BCUT2D eigenvalue weighted by atomic mass is 16.5. The maximum Gasteiger partial charge on any atom is 0.306 e. The molecule has 0 aromatic heterocycles. The van der Waals surface area contributed by atoms with Gasteiger partial charge in [0.2, 0.25) is 0 Å². The number of allylic oxidation sites excluding steroid dienone is 1. The SMILES string of the molecule is C=CC(CCC(=O)OC)CC(=O)OC. The Kier molecular flexibility index (Phi) is 6.45. The van der Waals surface area contributed by atoms with Crippen LogP contribution < -0.4 is 0 Å². The maximum atomic E-state index is 10.9. The third-order valence-electron chi connectivity index (χ3n) is 1.94. The number of esters is 2. The zero-order chi connectivity index (χ0) is 11.0. The molecule has 4 nitrogen and oxygen atoms in total. The van der Waals surface area contributed by atoms with Gasteiger partial charge in [-0.3, -0.25) is 9.59 Å². The summed E-state index contributed by atoms with van der Waals surface area (Å²) in [4.78, 5) is 21.7. The van der Waals surface area contributed by atoms with Gasteiger partial charge in [0.1, 0.15) is 0 Å². The molecule has 0 amide bonds. The Labute approximate surface area is 83.9 Å². The molecule has 80 valence electrons. The van der Waals surface area contributed by atoms with Crippen LogP contribution in [0.1, 0.15) is 19.3 Å². The van der Waals surface area contributed by atoms with Crippen molar-refractivity contribution in [2.45, 2.75) is 19.3 Å². The Hall–Kier alpha value is -1.32. The molecule has 0 aliphatic carbocycles. The van der Waals surface area contributed by atoms with Crippen molar-refractivity contribution in [3.05, 3.63) is 12.7 Å². The normalized spacial score (nSPS) is 11.6. The van der Waals surface area contributed by atoms with Gasteiger partial charge in [0.25, 0.3) is 0 Å². The van der Waals surface area contributed by atoms with Crippen LogP contribution in [0.4, 0.5) is 0 Å². The molecule has 0 aliphatic rings. The largest absolute Gasteiger partial charge is 0.469 e. The molecule has 0 spiro atoms. The summed E-state index contributed by atoms with van der Waals surface area (Å²) >= 11 is 0. The Bertz CT molecular complexity index is 210. The van der Waals surface area contributed by atoms with E-state index in [1.165, 1.54) is 14.2 Å². The van der Waals surface area contributed by atoms with Gasteiger partial charge in [-0.05, 0) is 12.3 Å². The third kappa shape index (κ3) is 5.35. The highest BCUT2D eigenvalue weighted by Gasteiger charge is 2.12. The van der Waals surface area contributed by atoms with Crippen LogP contribution in [0, 0.1) is 5.92 Å². The second-order valence-corrected chi connectivity index (χ2v) is 2.89. The van der Waals surface area contributed by atoms with E-state index in [2.05, 4.69) is 16.1 Å². The summed E-state index contributed by atoms with van der Waals surface area (Å²) in [5.74, 6) is -0.594. The molecule has 0 aliphatic heterocycles. The first kappa shape index (κ1) is 12.7. The van der Waals surface area contributed by atoms with Gasteiger partial charge < -0.3 is 9.47 Å². The minimum absolute atomic E-state index is 0.0263. The standard InChI is InChI=1S/C10H16O4/c1-4-8(7-10(12)14-3)5-6-9(11)13-2/h4,8H,1,5-7H2,2-3H3. The molecule has 0 heterocycles. The first-order valence-electron chi connectivity index (χ1n) is 4.40. The monoisotopic (exact) mass is 200 g/mol. The van der Waals surface area contributed by atoms with Gasteiger partial charge in [-0.2, -0.15) is 0 Å². The lowest BCUT2D eigenvalue weighted by Crippen LogP contribution is -2.10. The van der Waals surface area contributed by atoms with Crippen LogP contribution in [0.5, 0.6) is 0 Å². The lowest BCUT2D eigenvalue weighted by Gasteiger charge is -2.09. The molecule has 0 bridgehead atoms. The van der Waals surface area contributed by atoms with Gasteiger partial charge >= 0.3 is 11.9 Å². The molecule has 4 heteroatoms. The van der Waals surface area contributed by atoms with Crippen molar-refractivity contribution in [2.24, 2.45) is 5.92 Å². The van der Waals surface area contributed by atoms with E-state index >= 15 is 0 Å². The number of carbonyl (C=O) groups is 2. The Morgan fingerprint density at radius 1 is 1.29 bits per heavy atom. The van der Waals surface area contributed by atoms with Crippen molar-refractivity contribution in [3.63, 3.8) is 0 Å². The average Bonchev–Trinajstić information content (AvgIpc) is 2.22. The molecule has 0 aromatic rings. The molecular formula is C10H16O4. The predicted molar refractivity (Wildman–Crippen MR) is 51.6 cm³/mol. The highest BCUT2D eigenvalue weighted by molar-refractivity contribution is 5.71. The first-order chi connectivity index (χ1) is 6.63. The van der Waals surface area contributed by atoms with E-state index in [0.29, 0.717) is 12.8 Å². The summed E-state index contributed by atoms with van der Waals surface area (Å²) in [7, 11) is 2.67. The summed E-state index contributed by atoms with van der Waals surface area (Å²) < 4.78 is 9.00. The van der Waals surface area contributed by atoms with E-state index < -0.39 is 0 Å². The van der Waals surface area contributed by atoms with E-state index in [4.69, 9.17) is 0 Å². The fraction of sp³-hybridized carbons (Fsp3) is 0.600. The van der Waals surface area contributed by atoms with Gasteiger partial charge in [-0.1, -0.05) is 6.08 Å². The van der Waals surface area contributed by atoms with Gasteiger partial charge in [0, 0.05) is 6.42 Å². The summed E-state index contributed by atoms with van der Waals surface area (Å²) in [6.45, 7) is 3.59. The molecule has 0 saturated heterocycles. The lowest BCUT2D eigenvalue weighted by atomic mass is 10.00. The molecule has 1 unspecified atom stereocenters. The molecule has 0 aromatic carbocycles. The smallest absolute Gasteiger partial charge is 0.306 e. The molecule has 14 heavy (non-hydrogen) atoms. The predicted octanol–water partition coefficient (Wildman–Crippen LogP) is 1.30. The second kappa shape index (κ2) is 7.12. The highest BCUT2D eigenvalue weighted by Crippen LogP contribution is 2.13. The van der Waals surface area contributed by atoms with Gasteiger partial charge in [0.05, 0.1) is 20.6 Å². The zero-order valence-corrected chi connectivity index (χ0v) is 8.62. The Morgan fingerprint density at radius 2 is 1.86 bits per heavy atom. The van der Waals surface area contributed by atoms with E-state index in [9.17, 15) is 9.59 Å². The zero-order valence-electron chi connectivity index (χ0n) is 8.62. The van der Waals surface area contributed by atoms with Crippen molar-refractivity contribution >= 4 is 11.9 Å². The van der Waals surface area contributed by atoms with Crippen LogP contribution in [-0.4, -0.2) is 26.2 Å². The topological polar surface area (TPSA) is 52.6 Å². The van der Waals surface area contributed by atoms with E-state index in [1.54, 1.807) is 6.08 Å². The fourth-order valence-electron chi connectivity index (χ4n) is 1.01. The van der Waals surface area contributed by atoms with Gasteiger partial charge in [-0.15, -0.1) is 6.58 Å². The van der Waals surface area contributed by atoms with Crippen molar-refractivity contribution < 1.29 is 19.1 Å². The number of rotatable bonds is 6. The van der Waals surface area contributed by atoms with Crippen LogP contribution in [-0.2, 0) is 19.1 Å². The molecule has 0 N–H and O–H groups in total. The van der Waals surface area contributed by atoms with E-state index in [1.807, 2.05) is 0 Å². The molecule has 1 atom stereocenters. The van der Waals surface area contributed by atoms with E-state index in [-0.39, 0.29) is 24.3 Å². The quantitative estimate of drug-likeness (QED) is 0.479. The molecule has 0 saturated carbocycles. The second-order valence-electron chi connectivity index (χ2n) is 2.89. The van der Waals surface area contributed by atoms with Crippen LogP contribution in [0.15, 0.2) is 12.7 Å². The number of hydrogen-bond acceptors (Lipinski definition) is 4. The summed E-state index contributed by atoms with van der Waals surface area (Å²) in [6.07, 6.45) is 2.77. The van der Waals surface area contributed by atoms with E-state index in [0.717, 1.165) is 0 Å². The van der Waals surface area contributed by atoms with Crippen molar-refractivity contribution in [1.82, 2.24) is 0 Å². The number of carbonyl (C=O) groups excluding carboxylic acids is 2. The van der Waals surface area contributed by atoms with Crippen LogP contribution >= 0.6 is 0 Å². The van der Waals surface area contributed by atoms with Crippen LogP contribution in [0.25, 0.3) is 0 Å². The number of hydrogen-bond donors (Lipinski definition) is 0. The maximum absolute atomic E-state index is 10.9. The fourth-order valence-corrected chi connectivity index (χ4v) is 1.01. The van der Waals surface area contributed by atoms with Crippen LogP contribution in [0.2, 0.25) is 0 Å². The molecule has 0 fully saturated rings. The van der Waals surface area contributed by atoms with Gasteiger partial charge in [0.15, 0.2) is 0 Å². The summed E-state index contributed by atoms with van der Waals surface area (Å²) in [5.41, 5.74) is 0.